The molecule has 0 bridgehead atoms. The molecule has 2 aromatic rings. The molecule has 7 nitrogen and oxygen atoms in total. The van der Waals surface area contributed by atoms with Crippen LogP contribution in [0.4, 0.5) is 0 Å². The Bertz CT molecular complexity index is 905. The van der Waals surface area contributed by atoms with Gasteiger partial charge in [0.2, 0.25) is 5.88 Å². The quantitative estimate of drug-likeness (QED) is 0.462. The van der Waals surface area contributed by atoms with Gasteiger partial charge in [0.05, 0.1) is 13.0 Å². The lowest BCUT2D eigenvalue weighted by atomic mass is 9.97. The summed E-state index contributed by atoms with van der Waals surface area (Å²) in [4.78, 5) is 22.6. The van der Waals surface area contributed by atoms with Crippen molar-refractivity contribution in [3.05, 3.63) is 53.2 Å². The highest BCUT2D eigenvalue weighted by atomic mass is 16.5. The fourth-order valence-electron chi connectivity index (χ4n) is 3.52. The van der Waals surface area contributed by atoms with Gasteiger partial charge in [-0.15, -0.1) is 0 Å². The highest BCUT2D eigenvalue weighted by molar-refractivity contribution is 5.80. The van der Waals surface area contributed by atoms with Crippen LogP contribution in [0.5, 0.6) is 11.6 Å². The van der Waals surface area contributed by atoms with Gasteiger partial charge in [-0.3, -0.25) is 9.79 Å². The van der Waals surface area contributed by atoms with Crippen molar-refractivity contribution in [3.63, 3.8) is 0 Å². The smallest absolute Gasteiger partial charge is 0.308 e. The minimum absolute atomic E-state index is 0.0188. The number of pyridine rings is 1. The molecule has 1 aromatic carbocycles. The number of esters is 1. The van der Waals surface area contributed by atoms with E-state index >= 15 is 0 Å². The van der Waals surface area contributed by atoms with E-state index in [4.69, 9.17) is 9.47 Å². The molecule has 0 aliphatic carbocycles. The highest BCUT2D eigenvalue weighted by Crippen LogP contribution is 2.23. The van der Waals surface area contributed by atoms with Crippen LogP contribution in [-0.4, -0.2) is 49.1 Å². The Labute approximate surface area is 178 Å². The zero-order valence-corrected chi connectivity index (χ0v) is 18.1. The number of carbonyl (C=O) groups is 1. The Morgan fingerprint density at radius 2 is 1.97 bits per heavy atom. The number of guanidine groups is 1. The van der Waals surface area contributed by atoms with Gasteiger partial charge in [-0.25, -0.2) is 4.98 Å². The van der Waals surface area contributed by atoms with Crippen molar-refractivity contribution in [1.82, 2.24) is 15.2 Å². The van der Waals surface area contributed by atoms with E-state index in [1.54, 1.807) is 13.2 Å². The number of likely N-dealkylation sites (tertiary alicyclic amines) is 1. The number of hydrogen-bond donors (Lipinski definition) is 1. The molecule has 0 unspecified atom stereocenters. The number of methoxy groups -OCH3 is 1. The van der Waals surface area contributed by atoms with Crippen LogP contribution in [0.2, 0.25) is 0 Å². The normalized spacial score (nSPS) is 15.1. The molecule has 1 aromatic heterocycles. The molecule has 7 heteroatoms. The molecule has 0 amide bonds. The first-order chi connectivity index (χ1) is 14.5. The lowest BCUT2D eigenvalue weighted by Gasteiger charge is -2.33. The van der Waals surface area contributed by atoms with Gasteiger partial charge in [0.1, 0.15) is 5.75 Å². The van der Waals surface area contributed by atoms with Crippen LogP contribution in [0.15, 0.2) is 41.5 Å². The van der Waals surface area contributed by atoms with E-state index in [1.807, 2.05) is 30.3 Å². The molecule has 1 fully saturated rings. The second-order valence-corrected chi connectivity index (χ2v) is 7.54. The van der Waals surface area contributed by atoms with Gasteiger partial charge in [-0.05, 0) is 61.6 Å². The summed E-state index contributed by atoms with van der Waals surface area (Å²) in [6, 6.07) is 9.90. The Morgan fingerprint density at radius 1 is 1.20 bits per heavy atom. The van der Waals surface area contributed by atoms with E-state index in [9.17, 15) is 4.79 Å². The van der Waals surface area contributed by atoms with Crippen LogP contribution in [0.1, 0.15) is 29.5 Å². The fraction of sp³-hybridized carbons (Fsp3) is 0.435. The lowest BCUT2D eigenvalue weighted by Crippen LogP contribution is -2.46. The van der Waals surface area contributed by atoms with Crippen molar-refractivity contribution in [2.75, 3.05) is 27.2 Å². The third-order valence-electron chi connectivity index (χ3n) is 5.49. The monoisotopic (exact) mass is 410 g/mol. The zero-order valence-electron chi connectivity index (χ0n) is 18.1. The van der Waals surface area contributed by atoms with Crippen LogP contribution in [0, 0.1) is 19.8 Å². The van der Waals surface area contributed by atoms with E-state index < -0.39 is 0 Å². The summed E-state index contributed by atoms with van der Waals surface area (Å²) in [5.74, 6) is 2.03. The largest absolute Gasteiger partial charge is 0.469 e. The topological polar surface area (TPSA) is 76.1 Å². The molecular formula is C23H30N4O3. The number of nitrogens with one attached hydrogen (secondary N) is 1. The molecule has 3 rings (SSSR count). The minimum atomic E-state index is -0.120. The molecule has 160 valence electrons. The zero-order chi connectivity index (χ0) is 21.5. The van der Waals surface area contributed by atoms with Crippen molar-refractivity contribution in [2.45, 2.75) is 33.2 Å². The van der Waals surface area contributed by atoms with Gasteiger partial charge in [-0.1, -0.05) is 6.07 Å². The van der Waals surface area contributed by atoms with E-state index in [0.29, 0.717) is 12.4 Å². The Balaban J connectivity index is 1.56. The molecule has 0 saturated carbocycles. The first kappa shape index (κ1) is 21.6. The molecule has 30 heavy (non-hydrogen) atoms. The predicted molar refractivity (Wildman–Crippen MR) is 117 cm³/mol. The molecule has 1 N–H and O–H groups in total. The highest BCUT2D eigenvalue weighted by Gasteiger charge is 2.26. The second kappa shape index (κ2) is 10.1. The SMILES string of the molecule is CN=C(NCc1ccnc(Oc2ccc(C)c(C)c2)c1)N1CCC(C(=O)OC)CC1. The van der Waals surface area contributed by atoms with Crippen molar-refractivity contribution in [1.29, 1.82) is 0 Å². The standard InChI is InChI=1S/C23H30N4O3/c1-16-5-6-20(13-17(16)2)30-21-14-18(7-10-25-21)15-26-23(24-3)27-11-8-19(9-12-27)22(28)29-4/h5-7,10,13-14,19H,8-9,11-12,15H2,1-4H3,(H,24,26). The first-order valence-electron chi connectivity index (χ1n) is 10.2. The predicted octanol–water partition coefficient (Wildman–Crippen LogP) is 3.45. The summed E-state index contributed by atoms with van der Waals surface area (Å²) >= 11 is 0. The van der Waals surface area contributed by atoms with Crippen LogP contribution >= 0.6 is 0 Å². The number of piperidine rings is 1. The molecule has 1 saturated heterocycles. The number of hydrogen-bond acceptors (Lipinski definition) is 5. The van der Waals surface area contributed by atoms with Crippen LogP contribution < -0.4 is 10.1 Å². The summed E-state index contributed by atoms with van der Waals surface area (Å²) in [7, 11) is 3.22. The van der Waals surface area contributed by atoms with Crippen LogP contribution in [0.3, 0.4) is 0 Å². The van der Waals surface area contributed by atoms with Gasteiger partial charge in [0.25, 0.3) is 0 Å². The van der Waals surface area contributed by atoms with Crippen molar-refractivity contribution in [2.24, 2.45) is 10.9 Å². The van der Waals surface area contributed by atoms with Gasteiger partial charge in [0, 0.05) is 38.9 Å². The van der Waals surface area contributed by atoms with E-state index in [1.165, 1.54) is 18.2 Å². The maximum absolute atomic E-state index is 11.7. The summed E-state index contributed by atoms with van der Waals surface area (Å²) in [5, 5.41) is 3.40. The number of aryl methyl sites for hydroxylation is 2. The van der Waals surface area contributed by atoms with Crippen LogP contribution in [0.25, 0.3) is 0 Å². The Kier molecular flexibility index (Phi) is 7.27. The molecular weight excluding hydrogens is 380 g/mol. The molecule has 1 aliphatic heterocycles. The average molecular weight is 411 g/mol. The molecule has 0 spiro atoms. The fourth-order valence-corrected chi connectivity index (χ4v) is 3.52. The van der Waals surface area contributed by atoms with Crippen molar-refractivity contribution in [3.8, 4) is 11.6 Å². The maximum Gasteiger partial charge on any atom is 0.308 e. The molecule has 0 atom stereocenters. The Morgan fingerprint density at radius 3 is 2.63 bits per heavy atom. The first-order valence-corrected chi connectivity index (χ1v) is 10.2. The summed E-state index contributed by atoms with van der Waals surface area (Å²) in [5.41, 5.74) is 3.47. The van der Waals surface area contributed by atoms with E-state index in [-0.39, 0.29) is 11.9 Å². The van der Waals surface area contributed by atoms with E-state index in [0.717, 1.165) is 43.2 Å². The van der Waals surface area contributed by atoms with Gasteiger partial charge in [-0.2, -0.15) is 0 Å². The van der Waals surface area contributed by atoms with Crippen molar-refractivity contribution >= 4 is 11.9 Å². The number of aliphatic imine (C=N–C) groups is 1. The number of benzene rings is 1. The summed E-state index contributed by atoms with van der Waals surface area (Å²) in [6.07, 6.45) is 3.30. The van der Waals surface area contributed by atoms with Gasteiger partial charge < -0.3 is 19.7 Å². The number of rotatable bonds is 5. The number of ether oxygens (including phenoxy) is 2. The second-order valence-electron chi connectivity index (χ2n) is 7.54. The number of nitrogens with zero attached hydrogens (tertiary/aromatic N) is 3. The Hall–Kier alpha value is -3.09. The van der Waals surface area contributed by atoms with E-state index in [2.05, 4.69) is 34.0 Å². The minimum Gasteiger partial charge on any atom is -0.469 e. The summed E-state index contributed by atoms with van der Waals surface area (Å²) in [6.45, 7) is 6.30. The number of aromatic nitrogens is 1. The molecule has 0 radical (unpaired) electrons. The summed E-state index contributed by atoms with van der Waals surface area (Å²) < 4.78 is 10.8. The lowest BCUT2D eigenvalue weighted by molar-refractivity contribution is -0.146. The molecule has 1 aliphatic rings. The number of carbonyl (C=O) groups excluding carboxylic acids is 1. The van der Waals surface area contributed by atoms with Gasteiger partial charge >= 0.3 is 5.97 Å². The maximum atomic E-state index is 11.7. The third-order valence-corrected chi connectivity index (χ3v) is 5.49. The molecule has 2 heterocycles. The van der Waals surface area contributed by atoms with Gasteiger partial charge in [0.15, 0.2) is 5.96 Å². The van der Waals surface area contributed by atoms with Crippen molar-refractivity contribution < 1.29 is 14.3 Å². The third kappa shape index (κ3) is 5.49. The average Bonchev–Trinajstić information content (AvgIpc) is 2.77. The van der Waals surface area contributed by atoms with Crippen LogP contribution in [-0.2, 0) is 16.1 Å².